The van der Waals surface area contributed by atoms with E-state index in [0.29, 0.717) is 4.88 Å². The van der Waals surface area contributed by atoms with Gasteiger partial charge in [-0.05, 0) is 44.2 Å². The summed E-state index contributed by atoms with van der Waals surface area (Å²) in [6.45, 7) is 3.91. The van der Waals surface area contributed by atoms with Gasteiger partial charge in [0.05, 0.1) is 4.88 Å². The fraction of sp³-hybridized carbons (Fsp3) is 0.294. The lowest BCUT2D eigenvalue weighted by Crippen LogP contribution is -2.29. The number of amides is 1. The normalized spacial score (nSPS) is 11.2. The highest BCUT2D eigenvalue weighted by Gasteiger charge is 2.20. The van der Waals surface area contributed by atoms with E-state index in [4.69, 9.17) is 4.98 Å². The molecule has 0 aliphatic carbocycles. The number of thiophene rings is 1. The summed E-state index contributed by atoms with van der Waals surface area (Å²) in [5, 5.41) is 2.93. The summed E-state index contributed by atoms with van der Waals surface area (Å²) >= 11 is 4.93. The second-order valence-electron chi connectivity index (χ2n) is 6.05. The van der Waals surface area contributed by atoms with Crippen LogP contribution in [0.5, 0.6) is 0 Å². The van der Waals surface area contributed by atoms with E-state index in [-0.39, 0.29) is 11.9 Å². The molecule has 126 valence electrons. The summed E-state index contributed by atoms with van der Waals surface area (Å²) in [6.07, 6.45) is 0. The predicted octanol–water partition coefficient (Wildman–Crippen LogP) is 4.05. The molecule has 0 aliphatic rings. The van der Waals surface area contributed by atoms with Crippen LogP contribution in [0.1, 0.15) is 23.5 Å². The van der Waals surface area contributed by atoms with E-state index in [9.17, 15) is 4.79 Å². The van der Waals surface area contributed by atoms with Crippen molar-refractivity contribution >= 4 is 49.5 Å². The second-order valence-corrected chi connectivity index (χ2v) is 7.99. The Hall–Kier alpha value is -1.86. The van der Waals surface area contributed by atoms with Crippen molar-refractivity contribution in [1.82, 2.24) is 14.9 Å². The van der Waals surface area contributed by atoms with Gasteiger partial charge in [-0.2, -0.15) is 0 Å². The van der Waals surface area contributed by atoms with Crippen LogP contribution >= 0.6 is 27.3 Å². The van der Waals surface area contributed by atoms with Crippen LogP contribution in [0.3, 0.4) is 0 Å². The number of rotatable bonds is 4. The molecule has 0 aliphatic heterocycles. The Morgan fingerprint density at radius 3 is 2.54 bits per heavy atom. The molecule has 1 aromatic carbocycles. The van der Waals surface area contributed by atoms with Crippen LogP contribution in [0, 0.1) is 0 Å². The van der Waals surface area contributed by atoms with Gasteiger partial charge in [-0.25, -0.2) is 4.98 Å². The van der Waals surface area contributed by atoms with Gasteiger partial charge in [0.2, 0.25) is 5.95 Å². The van der Waals surface area contributed by atoms with Crippen LogP contribution < -0.4 is 10.2 Å². The van der Waals surface area contributed by atoms with E-state index in [0.717, 1.165) is 26.5 Å². The summed E-state index contributed by atoms with van der Waals surface area (Å²) in [4.78, 5) is 20.6. The Balaban J connectivity index is 2.13. The van der Waals surface area contributed by atoms with E-state index in [2.05, 4.69) is 25.8 Å². The molecule has 0 unspecified atom stereocenters. The summed E-state index contributed by atoms with van der Waals surface area (Å²) < 4.78 is 3.11. The van der Waals surface area contributed by atoms with E-state index in [1.165, 1.54) is 11.3 Å². The number of carbonyl (C=O) groups excluding carboxylic acids is 1. The molecular weight excluding hydrogens is 388 g/mol. The number of hydrogen-bond acceptors (Lipinski definition) is 4. The molecule has 1 N–H and O–H groups in total. The minimum atomic E-state index is -0.0539. The summed E-state index contributed by atoms with van der Waals surface area (Å²) in [5.74, 6) is 0.788. The fourth-order valence-corrected chi connectivity index (χ4v) is 3.71. The molecule has 7 heteroatoms. The lowest BCUT2D eigenvalue weighted by atomic mass is 10.3. The van der Waals surface area contributed by atoms with Crippen molar-refractivity contribution in [3.63, 3.8) is 0 Å². The van der Waals surface area contributed by atoms with Crippen molar-refractivity contribution in [3.8, 4) is 5.69 Å². The molecule has 24 heavy (non-hydrogen) atoms. The van der Waals surface area contributed by atoms with Crippen molar-refractivity contribution < 1.29 is 4.79 Å². The van der Waals surface area contributed by atoms with Crippen molar-refractivity contribution in [2.75, 3.05) is 19.0 Å². The third kappa shape index (κ3) is 3.18. The van der Waals surface area contributed by atoms with E-state index < -0.39 is 0 Å². The maximum atomic E-state index is 12.3. The quantitative estimate of drug-likeness (QED) is 0.710. The Labute approximate surface area is 153 Å². The first-order chi connectivity index (χ1) is 11.4. The van der Waals surface area contributed by atoms with Crippen LogP contribution in [-0.4, -0.2) is 35.6 Å². The first-order valence-electron chi connectivity index (χ1n) is 7.63. The molecule has 0 bridgehead atoms. The largest absolute Gasteiger partial charge is 0.349 e. The number of anilines is 1. The molecule has 0 saturated carbocycles. The Morgan fingerprint density at radius 1 is 1.29 bits per heavy atom. The van der Waals surface area contributed by atoms with Crippen LogP contribution in [0.2, 0.25) is 0 Å². The smallest absolute Gasteiger partial charge is 0.261 e. The molecule has 2 aromatic heterocycles. The number of nitrogens with one attached hydrogen (secondary N) is 1. The predicted molar refractivity (Wildman–Crippen MR) is 104 cm³/mol. The number of fused-ring (bicyclic) bond motifs is 1. The third-order valence-electron chi connectivity index (χ3n) is 3.45. The van der Waals surface area contributed by atoms with Gasteiger partial charge in [-0.3, -0.25) is 9.36 Å². The molecule has 3 aromatic rings. The molecule has 3 rings (SSSR count). The molecule has 2 heterocycles. The SMILES string of the molecule is CC(C)NC(=O)c1cc2nc(N(C)C)n(-c3ccc(Br)cc3)c2s1. The molecule has 0 fully saturated rings. The highest BCUT2D eigenvalue weighted by atomic mass is 79.9. The standard InChI is InChI=1S/C17H19BrN4OS/c1-10(2)19-15(23)14-9-13-16(24-14)22(17(20-13)21(3)4)12-7-5-11(18)6-8-12/h5-10H,1-4H3,(H,19,23). The molecule has 0 atom stereocenters. The lowest BCUT2D eigenvalue weighted by Gasteiger charge is -2.15. The van der Waals surface area contributed by atoms with Gasteiger partial charge < -0.3 is 10.2 Å². The molecule has 0 radical (unpaired) electrons. The molecule has 0 saturated heterocycles. The minimum absolute atomic E-state index is 0.0539. The van der Waals surface area contributed by atoms with Gasteiger partial charge in [0, 0.05) is 30.3 Å². The topological polar surface area (TPSA) is 50.2 Å². The number of nitrogens with zero attached hydrogens (tertiary/aromatic N) is 3. The maximum Gasteiger partial charge on any atom is 0.261 e. The zero-order valence-electron chi connectivity index (χ0n) is 14.0. The second kappa shape index (κ2) is 6.57. The first kappa shape index (κ1) is 17.0. The van der Waals surface area contributed by atoms with Gasteiger partial charge >= 0.3 is 0 Å². The number of imidazole rings is 1. The van der Waals surface area contributed by atoms with Gasteiger partial charge in [0.25, 0.3) is 5.91 Å². The third-order valence-corrected chi connectivity index (χ3v) is 5.08. The van der Waals surface area contributed by atoms with Gasteiger partial charge in [0.1, 0.15) is 10.3 Å². The zero-order valence-corrected chi connectivity index (χ0v) is 16.4. The lowest BCUT2D eigenvalue weighted by molar-refractivity contribution is 0.0947. The fourth-order valence-electron chi connectivity index (χ4n) is 2.43. The number of halogens is 1. The maximum absolute atomic E-state index is 12.3. The average molecular weight is 407 g/mol. The first-order valence-corrected chi connectivity index (χ1v) is 9.24. The van der Waals surface area contributed by atoms with Crippen molar-refractivity contribution in [3.05, 3.63) is 39.7 Å². The van der Waals surface area contributed by atoms with Crippen LogP contribution in [0.15, 0.2) is 34.8 Å². The number of carbonyl (C=O) groups is 1. The highest BCUT2D eigenvalue weighted by Crippen LogP contribution is 2.33. The van der Waals surface area contributed by atoms with Crippen molar-refractivity contribution in [1.29, 1.82) is 0 Å². The number of benzene rings is 1. The van der Waals surface area contributed by atoms with E-state index in [1.54, 1.807) is 0 Å². The van der Waals surface area contributed by atoms with Crippen LogP contribution in [0.4, 0.5) is 5.95 Å². The van der Waals surface area contributed by atoms with Crippen molar-refractivity contribution in [2.24, 2.45) is 0 Å². The average Bonchev–Trinajstić information content (AvgIpc) is 3.05. The van der Waals surface area contributed by atoms with Crippen LogP contribution in [0.25, 0.3) is 16.0 Å². The van der Waals surface area contributed by atoms with Crippen LogP contribution in [-0.2, 0) is 0 Å². The summed E-state index contributed by atoms with van der Waals surface area (Å²) in [6, 6.07) is 10.0. The summed E-state index contributed by atoms with van der Waals surface area (Å²) in [5.41, 5.74) is 1.85. The molecule has 1 amide bonds. The Kier molecular flexibility index (Phi) is 4.64. The molecule has 5 nitrogen and oxygen atoms in total. The highest BCUT2D eigenvalue weighted by molar-refractivity contribution is 9.10. The molecule has 0 spiro atoms. The zero-order chi connectivity index (χ0) is 17.4. The monoisotopic (exact) mass is 406 g/mol. The number of aromatic nitrogens is 2. The van der Waals surface area contributed by atoms with Gasteiger partial charge in [-0.1, -0.05) is 15.9 Å². The van der Waals surface area contributed by atoms with Gasteiger partial charge in [-0.15, -0.1) is 11.3 Å². The van der Waals surface area contributed by atoms with Gasteiger partial charge in [0.15, 0.2) is 0 Å². The Bertz CT molecular complexity index is 880. The summed E-state index contributed by atoms with van der Waals surface area (Å²) in [7, 11) is 3.93. The van der Waals surface area contributed by atoms with E-state index in [1.807, 2.05) is 63.2 Å². The number of hydrogen-bond donors (Lipinski definition) is 1. The van der Waals surface area contributed by atoms with Crippen molar-refractivity contribution in [2.45, 2.75) is 19.9 Å². The minimum Gasteiger partial charge on any atom is -0.349 e. The van der Waals surface area contributed by atoms with E-state index >= 15 is 0 Å². The molecular formula is C17H19BrN4OS. The Morgan fingerprint density at radius 2 is 1.96 bits per heavy atom.